The minimum absolute atomic E-state index is 0.530. The number of unbranched alkanes of at least 4 members (excludes halogenated alkanes) is 4. The van der Waals surface area contributed by atoms with Gasteiger partial charge in [-0.05, 0) is 25.0 Å². The van der Waals surface area contributed by atoms with Crippen LogP contribution in [-0.2, 0) is 6.42 Å². The van der Waals surface area contributed by atoms with Gasteiger partial charge in [-0.2, -0.15) is 0 Å². The molecule has 1 aromatic carbocycles. The zero-order chi connectivity index (χ0) is 16.5. The number of hydrogen-bond acceptors (Lipinski definition) is 5. The average Bonchev–Trinajstić information content (AvgIpc) is 3.01. The predicted molar refractivity (Wildman–Crippen MR) is 98.2 cm³/mol. The molecule has 0 aliphatic rings. The number of ether oxygens (including phenoxy) is 1. The predicted octanol–water partition coefficient (Wildman–Crippen LogP) is 5.46. The molecular weight excluding hydrogens is 353 g/mol. The fraction of sp³-hybridized carbons (Fsp3) is 0.500. The lowest BCUT2D eigenvalue weighted by molar-refractivity contribution is 0.304. The monoisotopic (exact) mass is 373 g/mol. The van der Waals surface area contributed by atoms with E-state index in [1.165, 1.54) is 19.3 Å². The maximum absolute atomic E-state index is 5.95. The number of benzene rings is 1. The van der Waals surface area contributed by atoms with Crippen LogP contribution in [0.3, 0.4) is 0 Å². The molecule has 2 aromatic rings. The van der Waals surface area contributed by atoms with E-state index < -0.39 is 0 Å². The topological polar surface area (TPSA) is 47.0 Å². The summed E-state index contributed by atoms with van der Waals surface area (Å²) in [4.78, 5) is 0. The lowest BCUT2D eigenvalue weighted by atomic mass is 10.1. The number of hydrogen-bond donors (Lipinski definition) is 1. The summed E-state index contributed by atoms with van der Waals surface area (Å²) in [6.45, 7) is 0.708. The molecule has 0 bridgehead atoms. The Kier molecular flexibility index (Phi) is 7.92. The molecule has 7 heteroatoms. The summed E-state index contributed by atoms with van der Waals surface area (Å²) < 4.78 is 5.67. The third-order valence-electron chi connectivity index (χ3n) is 3.38. The second-order valence-electron chi connectivity index (χ2n) is 5.19. The number of anilines is 1. The Labute approximate surface area is 151 Å². The first-order chi connectivity index (χ1) is 11.2. The van der Waals surface area contributed by atoms with E-state index >= 15 is 0 Å². The summed E-state index contributed by atoms with van der Waals surface area (Å²) in [5.74, 6) is 0.774. The van der Waals surface area contributed by atoms with Gasteiger partial charge < -0.3 is 10.1 Å². The largest absolute Gasteiger partial charge is 0.494 e. The van der Waals surface area contributed by atoms with Gasteiger partial charge in [0.1, 0.15) is 10.8 Å². The molecule has 0 aliphatic carbocycles. The van der Waals surface area contributed by atoms with Gasteiger partial charge in [-0.1, -0.05) is 53.8 Å². The molecule has 0 spiro atoms. The summed E-state index contributed by atoms with van der Waals surface area (Å²) in [6, 6.07) is 5.35. The molecule has 0 amide bonds. The van der Waals surface area contributed by atoms with Gasteiger partial charge in [-0.15, -0.1) is 10.2 Å². The number of halogens is 2. The first-order valence-electron chi connectivity index (χ1n) is 7.77. The Morgan fingerprint density at radius 3 is 2.57 bits per heavy atom. The molecule has 2 rings (SSSR count). The third-order valence-corrected chi connectivity index (χ3v) is 5.12. The Balaban J connectivity index is 1.50. The van der Waals surface area contributed by atoms with E-state index in [2.05, 4.69) is 15.5 Å². The maximum Gasteiger partial charge on any atom is 0.205 e. The molecule has 23 heavy (non-hydrogen) atoms. The van der Waals surface area contributed by atoms with Crippen LogP contribution in [0.15, 0.2) is 18.2 Å². The molecule has 4 nitrogen and oxygen atoms in total. The van der Waals surface area contributed by atoms with E-state index in [-0.39, 0.29) is 0 Å². The minimum Gasteiger partial charge on any atom is -0.494 e. The molecule has 0 radical (unpaired) electrons. The zero-order valence-corrected chi connectivity index (χ0v) is 15.5. The van der Waals surface area contributed by atoms with Crippen molar-refractivity contribution in [2.75, 3.05) is 19.0 Å². The quantitative estimate of drug-likeness (QED) is 0.561. The van der Waals surface area contributed by atoms with E-state index in [4.69, 9.17) is 27.9 Å². The fourth-order valence-electron chi connectivity index (χ4n) is 2.12. The van der Waals surface area contributed by atoms with Crippen LogP contribution in [0.1, 0.15) is 37.1 Å². The van der Waals surface area contributed by atoms with Crippen molar-refractivity contribution in [1.29, 1.82) is 0 Å². The number of nitrogens with zero attached hydrogens (tertiary/aromatic N) is 2. The molecular formula is C16H21Cl2N3OS. The summed E-state index contributed by atoms with van der Waals surface area (Å²) in [5, 5.41) is 14.3. The highest BCUT2D eigenvalue weighted by Crippen LogP contribution is 2.26. The average molecular weight is 374 g/mol. The van der Waals surface area contributed by atoms with Gasteiger partial charge in [0.15, 0.2) is 0 Å². The molecule has 1 aromatic heterocycles. The number of rotatable bonds is 10. The Bertz CT molecular complexity index is 607. The van der Waals surface area contributed by atoms with Crippen LogP contribution in [0.25, 0.3) is 0 Å². The van der Waals surface area contributed by atoms with E-state index in [1.807, 2.05) is 13.1 Å². The van der Waals surface area contributed by atoms with Crippen molar-refractivity contribution in [2.45, 2.75) is 38.5 Å². The van der Waals surface area contributed by atoms with Crippen LogP contribution in [0, 0.1) is 0 Å². The van der Waals surface area contributed by atoms with Crippen LogP contribution < -0.4 is 10.1 Å². The highest BCUT2D eigenvalue weighted by atomic mass is 35.5. The molecule has 0 unspecified atom stereocenters. The molecule has 1 N–H and O–H groups in total. The van der Waals surface area contributed by atoms with E-state index in [0.717, 1.165) is 35.2 Å². The van der Waals surface area contributed by atoms with Crippen LogP contribution in [0.5, 0.6) is 5.75 Å². The standard InChI is InChI=1S/C16H21Cl2N3OS/c1-19-16-21-20-15(23-16)7-5-3-2-4-6-10-22-12-8-9-13(17)14(18)11-12/h8-9,11H,2-7,10H2,1H3,(H,19,21). The first kappa shape index (κ1) is 18.3. The fourth-order valence-corrected chi connectivity index (χ4v) is 3.14. The summed E-state index contributed by atoms with van der Waals surface area (Å²) in [7, 11) is 1.87. The Morgan fingerprint density at radius 1 is 1.04 bits per heavy atom. The van der Waals surface area contributed by atoms with E-state index in [0.29, 0.717) is 16.7 Å². The van der Waals surface area contributed by atoms with Gasteiger partial charge in [0, 0.05) is 19.5 Å². The lowest BCUT2D eigenvalue weighted by Crippen LogP contribution is -1.97. The number of aromatic nitrogens is 2. The van der Waals surface area contributed by atoms with Crippen molar-refractivity contribution in [1.82, 2.24) is 10.2 Å². The second kappa shape index (κ2) is 9.96. The van der Waals surface area contributed by atoms with Crippen LogP contribution in [-0.4, -0.2) is 23.9 Å². The van der Waals surface area contributed by atoms with Gasteiger partial charge in [-0.3, -0.25) is 0 Å². The van der Waals surface area contributed by atoms with Crippen molar-refractivity contribution < 1.29 is 4.74 Å². The van der Waals surface area contributed by atoms with E-state index in [1.54, 1.807) is 23.5 Å². The molecule has 1 heterocycles. The molecule has 126 valence electrons. The molecule has 0 saturated heterocycles. The highest BCUT2D eigenvalue weighted by Gasteiger charge is 2.02. The second-order valence-corrected chi connectivity index (χ2v) is 7.07. The van der Waals surface area contributed by atoms with Crippen LogP contribution in [0.2, 0.25) is 10.0 Å². The maximum atomic E-state index is 5.95. The smallest absolute Gasteiger partial charge is 0.205 e. The third kappa shape index (κ3) is 6.53. The number of aryl methyl sites for hydroxylation is 1. The van der Waals surface area contributed by atoms with E-state index in [9.17, 15) is 0 Å². The summed E-state index contributed by atoms with van der Waals surface area (Å²) in [5.41, 5.74) is 0. The summed E-state index contributed by atoms with van der Waals surface area (Å²) >= 11 is 13.4. The van der Waals surface area contributed by atoms with Crippen molar-refractivity contribution in [3.05, 3.63) is 33.3 Å². The van der Waals surface area contributed by atoms with Crippen LogP contribution in [0.4, 0.5) is 5.13 Å². The van der Waals surface area contributed by atoms with Crippen molar-refractivity contribution in [3.8, 4) is 5.75 Å². The molecule has 0 fully saturated rings. The molecule has 0 atom stereocenters. The van der Waals surface area contributed by atoms with Gasteiger partial charge in [0.05, 0.1) is 16.7 Å². The van der Waals surface area contributed by atoms with Crippen molar-refractivity contribution in [3.63, 3.8) is 0 Å². The minimum atomic E-state index is 0.530. The van der Waals surface area contributed by atoms with Crippen LogP contribution >= 0.6 is 34.5 Å². The Morgan fingerprint density at radius 2 is 1.83 bits per heavy atom. The van der Waals surface area contributed by atoms with Crippen molar-refractivity contribution >= 4 is 39.7 Å². The number of nitrogens with one attached hydrogen (secondary N) is 1. The summed E-state index contributed by atoms with van der Waals surface area (Å²) in [6.07, 6.45) is 6.80. The SMILES string of the molecule is CNc1nnc(CCCCCCCOc2ccc(Cl)c(Cl)c2)s1. The van der Waals surface area contributed by atoms with Gasteiger partial charge in [0.2, 0.25) is 5.13 Å². The molecule has 0 saturated carbocycles. The van der Waals surface area contributed by atoms with Crippen molar-refractivity contribution in [2.24, 2.45) is 0 Å². The lowest BCUT2D eigenvalue weighted by Gasteiger charge is -2.07. The van der Waals surface area contributed by atoms with Gasteiger partial charge >= 0.3 is 0 Å². The highest BCUT2D eigenvalue weighted by molar-refractivity contribution is 7.15. The normalized spacial score (nSPS) is 10.7. The first-order valence-corrected chi connectivity index (χ1v) is 9.34. The Hall–Kier alpha value is -1.04. The molecule has 0 aliphatic heterocycles. The zero-order valence-electron chi connectivity index (χ0n) is 13.1. The van der Waals surface area contributed by atoms with Gasteiger partial charge in [-0.25, -0.2) is 0 Å². The van der Waals surface area contributed by atoms with Gasteiger partial charge in [0.25, 0.3) is 0 Å².